The number of nitrogens with zero attached hydrogens (tertiary/aromatic N) is 3. The molecule has 1 atom stereocenters. The van der Waals surface area contributed by atoms with Crippen LogP contribution in [0.2, 0.25) is 0 Å². The van der Waals surface area contributed by atoms with Gasteiger partial charge in [0.1, 0.15) is 0 Å². The fourth-order valence-electron chi connectivity index (χ4n) is 4.16. The van der Waals surface area contributed by atoms with Gasteiger partial charge in [0.25, 0.3) is 5.56 Å². The summed E-state index contributed by atoms with van der Waals surface area (Å²) in [5.74, 6) is 0. The predicted molar refractivity (Wildman–Crippen MR) is 110 cm³/mol. The van der Waals surface area contributed by atoms with Crippen molar-refractivity contribution in [2.45, 2.75) is 52.2 Å². The second kappa shape index (κ2) is 7.28. The van der Waals surface area contributed by atoms with E-state index in [1.165, 1.54) is 16.5 Å². The minimum Gasteiger partial charge on any atom is -0.308 e. The average Bonchev–Trinajstić information content (AvgIpc) is 2.65. The van der Waals surface area contributed by atoms with E-state index in [0.717, 1.165) is 49.1 Å². The maximum absolute atomic E-state index is 12.7. The van der Waals surface area contributed by atoms with Crippen molar-refractivity contribution in [3.63, 3.8) is 0 Å². The number of likely N-dealkylation sites (N-methyl/N-ethyl adjacent to an activating group) is 1. The van der Waals surface area contributed by atoms with Crippen LogP contribution in [0.25, 0.3) is 10.9 Å². The standard InChI is InChI=1S/C23H27N3O/c1-16-9-10-24-20(12-16)13-17(2)25(3)15-19-14-22(27)26-11-5-7-18-6-4-8-21(19)23(18)26/h4,6,8-10,12,14,17H,5,7,11,13,15H2,1-3H3. The number of hydrogen-bond donors (Lipinski definition) is 0. The third-order valence-electron chi connectivity index (χ3n) is 5.78. The molecule has 0 amide bonds. The third-order valence-corrected chi connectivity index (χ3v) is 5.78. The Morgan fingerprint density at radius 1 is 1.26 bits per heavy atom. The molecule has 0 aliphatic carbocycles. The molecule has 1 aliphatic heterocycles. The molecule has 0 saturated carbocycles. The van der Waals surface area contributed by atoms with Crippen LogP contribution in [0.15, 0.2) is 47.4 Å². The first-order valence-electron chi connectivity index (χ1n) is 9.79. The Bertz CT molecular complexity index is 1040. The maximum atomic E-state index is 12.7. The first-order chi connectivity index (χ1) is 13.0. The van der Waals surface area contributed by atoms with Crippen LogP contribution in [0.1, 0.15) is 35.7 Å². The average molecular weight is 361 g/mol. The van der Waals surface area contributed by atoms with Crippen molar-refractivity contribution >= 4 is 10.9 Å². The number of aromatic nitrogens is 2. The lowest BCUT2D eigenvalue weighted by atomic mass is 9.98. The smallest absolute Gasteiger partial charge is 0.251 e. The molecule has 1 aromatic carbocycles. The number of para-hydroxylation sites is 1. The highest BCUT2D eigenvalue weighted by Crippen LogP contribution is 2.26. The minimum atomic E-state index is 0.131. The fraction of sp³-hybridized carbons (Fsp3) is 0.391. The highest BCUT2D eigenvalue weighted by atomic mass is 16.1. The van der Waals surface area contributed by atoms with Crippen LogP contribution in [-0.2, 0) is 25.9 Å². The predicted octanol–water partition coefficient (Wildman–Crippen LogP) is 3.71. The van der Waals surface area contributed by atoms with Crippen molar-refractivity contribution in [3.05, 3.63) is 75.3 Å². The summed E-state index contributed by atoms with van der Waals surface area (Å²) in [6.45, 7) is 5.92. The molecular formula is C23H27N3O. The van der Waals surface area contributed by atoms with Gasteiger partial charge in [-0.1, -0.05) is 18.2 Å². The molecule has 0 fully saturated rings. The van der Waals surface area contributed by atoms with Crippen LogP contribution in [0.5, 0.6) is 0 Å². The van der Waals surface area contributed by atoms with Crippen molar-refractivity contribution in [3.8, 4) is 0 Å². The van der Waals surface area contributed by atoms with Crippen LogP contribution >= 0.6 is 0 Å². The molecule has 0 bridgehead atoms. The van der Waals surface area contributed by atoms with E-state index in [0.29, 0.717) is 6.04 Å². The van der Waals surface area contributed by atoms with E-state index in [2.05, 4.69) is 55.0 Å². The first-order valence-corrected chi connectivity index (χ1v) is 9.79. The molecule has 4 nitrogen and oxygen atoms in total. The fourth-order valence-corrected chi connectivity index (χ4v) is 4.16. The van der Waals surface area contributed by atoms with Crippen LogP contribution < -0.4 is 5.56 Å². The van der Waals surface area contributed by atoms with Crippen molar-refractivity contribution in [2.24, 2.45) is 0 Å². The van der Waals surface area contributed by atoms with Gasteiger partial charge < -0.3 is 4.57 Å². The van der Waals surface area contributed by atoms with Gasteiger partial charge in [-0.25, -0.2) is 0 Å². The molecule has 1 unspecified atom stereocenters. The minimum absolute atomic E-state index is 0.131. The topological polar surface area (TPSA) is 38.1 Å². The molecule has 3 heterocycles. The highest BCUT2D eigenvalue weighted by Gasteiger charge is 2.18. The van der Waals surface area contributed by atoms with Gasteiger partial charge in [0.2, 0.25) is 0 Å². The van der Waals surface area contributed by atoms with E-state index in [9.17, 15) is 4.79 Å². The van der Waals surface area contributed by atoms with Crippen LogP contribution in [0.4, 0.5) is 0 Å². The van der Waals surface area contributed by atoms with E-state index in [1.807, 2.05) is 22.9 Å². The molecule has 0 radical (unpaired) electrons. The van der Waals surface area contributed by atoms with Crippen molar-refractivity contribution in [1.82, 2.24) is 14.5 Å². The van der Waals surface area contributed by atoms with Gasteiger partial charge in [0.05, 0.1) is 5.52 Å². The lowest BCUT2D eigenvalue weighted by Gasteiger charge is -2.26. The van der Waals surface area contributed by atoms with Gasteiger partial charge in [-0.15, -0.1) is 0 Å². The van der Waals surface area contributed by atoms with Crippen LogP contribution in [0, 0.1) is 6.92 Å². The van der Waals surface area contributed by atoms with E-state index in [1.54, 1.807) is 0 Å². The number of aryl methyl sites for hydroxylation is 3. The Kier molecular flexibility index (Phi) is 4.83. The summed E-state index contributed by atoms with van der Waals surface area (Å²) in [5.41, 5.74) is 6.07. The van der Waals surface area contributed by atoms with Crippen LogP contribution in [0.3, 0.4) is 0 Å². The Balaban J connectivity index is 1.62. The SMILES string of the molecule is Cc1ccnc(CC(C)N(C)Cc2cc(=O)n3c4c(cccc24)CCC3)c1. The number of hydrogen-bond acceptors (Lipinski definition) is 3. The quantitative estimate of drug-likeness (QED) is 0.695. The zero-order valence-electron chi connectivity index (χ0n) is 16.4. The van der Waals surface area contributed by atoms with Crippen LogP contribution in [-0.4, -0.2) is 27.5 Å². The van der Waals surface area contributed by atoms with Gasteiger partial charge in [0, 0.05) is 48.9 Å². The summed E-state index contributed by atoms with van der Waals surface area (Å²) in [6, 6.07) is 12.8. The molecule has 140 valence electrons. The molecule has 1 aliphatic rings. The second-order valence-electron chi connectivity index (χ2n) is 7.87. The summed E-state index contributed by atoms with van der Waals surface area (Å²) in [7, 11) is 2.13. The van der Waals surface area contributed by atoms with Gasteiger partial charge >= 0.3 is 0 Å². The summed E-state index contributed by atoms with van der Waals surface area (Å²) < 4.78 is 1.96. The van der Waals surface area contributed by atoms with Gasteiger partial charge in [-0.05, 0) is 62.6 Å². The van der Waals surface area contributed by atoms with E-state index >= 15 is 0 Å². The van der Waals surface area contributed by atoms with Crippen molar-refractivity contribution in [2.75, 3.05) is 7.05 Å². The Hall–Kier alpha value is -2.46. The molecule has 3 aromatic rings. The van der Waals surface area contributed by atoms with Gasteiger partial charge in [0.15, 0.2) is 0 Å². The number of pyridine rings is 2. The largest absolute Gasteiger partial charge is 0.308 e. The third kappa shape index (κ3) is 3.54. The number of rotatable bonds is 5. The molecule has 0 N–H and O–H groups in total. The highest BCUT2D eigenvalue weighted by molar-refractivity contribution is 5.86. The first kappa shape index (κ1) is 17.9. The zero-order chi connectivity index (χ0) is 19.0. The van der Waals surface area contributed by atoms with E-state index in [-0.39, 0.29) is 5.56 Å². The zero-order valence-corrected chi connectivity index (χ0v) is 16.4. The molecule has 27 heavy (non-hydrogen) atoms. The normalized spacial score (nSPS) is 14.7. The number of benzene rings is 1. The van der Waals surface area contributed by atoms with Crippen molar-refractivity contribution < 1.29 is 0 Å². The second-order valence-corrected chi connectivity index (χ2v) is 7.87. The summed E-state index contributed by atoms with van der Waals surface area (Å²) in [6.07, 6.45) is 4.89. The van der Waals surface area contributed by atoms with Crippen molar-refractivity contribution in [1.29, 1.82) is 0 Å². The maximum Gasteiger partial charge on any atom is 0.251 e. The molecule has 4 heteroatoms. The summed E-state index contributed by atoms with van der Waals surface area (Å²) in [5, 5.41) is 1.22. The lowest BCUT2D eigenvalue weighted by Crippen LogP contribution is -2.32. The Labute approximate surface area is 160 Å². The summed E-state index contributed by atoms with van der Waals surface area (Å²) >= 11 is 0. The molecule has 0 spiro atoms. The Morgan fingerprint density at radius 2 is 2.11 bits per heavy atom. The van der Waals surface area contributed by atoms with E-state index < -0.39 is 0 Å². The molecule has 4 rings (SSSR count). The summed E-state index contributed by atoms with van der Waals surface area (Å²) in [4.78, 5) is 19.5. The Morgan fingerprint density at radius 3 is 2.93 bits per heavy atom. The molecular weight excluding hydrogens is 334 g/mol. The lowest BCUT2D eigenvalue weighted by molar-refractivity contribution is 0.247. The van der Waals surface area contributed by atoms with Gasteiger partial charge in [-0.3, -0.25) is 14.7 Å². The van der Waals surface area contributed by atoms with E-state index in [4.69, 9.17) is 0 Å². The molecule has 2 aromatic heterocycles. The molecule has 0 saturated heterocycles. The monoisotopic (exact) mass is 361 g/mol. The van der Waals surface area contributed by atoms with Gasteiger partial charge in [-0.2, -0.15) is 0 Å².